The Morgan fingerprint density at radius 2 is 1.74 bits per heavy atom. The van der Waals surface area contributed by atoms with Crippen molar-refractivity contribution in [2.45, 2.75) is 32.6 Å². The number of aryl methyl sites for hydroxylation is 2. The monoisotopic (exact) mass is 497 g/mol. The number of ether oxygens (including phenoxy) is 2. The SMILES string of the molecule is COc1cccc(OC)c1-n1c(NS(=O)(=O)[C@@H](C)Cn2cc(C)cn2)nnc1-c1cncc(C)c1. The lowest BCUT2D eigenvalue weighted by Gasteiger charge is -2.19. The van der Waals surface area contributed by atoms with E-state index in [1.54, 1.807) is 59.2 Å². The molecule has 0 spiro atoms. The largest absolute Gasteiger partial charge is 0.494 e. The van der Waals surface area contributed by atoms with E-state index in [1.165, 1.54) is 14.2 Å². The molecule has 4 rings (SSSR count). The van der Waals surface area contributed by atoms with Crippen LogP contribution in [0.15, 0.2) is 49.1 Å². The highest BCUT2D eigenvalue weighted by atomic mass is 32.2. The first-order valence-corrected chi connectivity index (χ1v) is 12.4. The molecule has 0 fully saturated rings. The first-order valence-electron chi connectivity index (χ1n) is 10.8. The standard InChI is InChI=1S/C23H27N7O4S/c1-15-9-18(12-24-10-15)22-26-27-23(30(22)21-19(33-4)7-6-8-20(21)34-5)28-35(31,32)17(3)14-29-13-16(2)11-25-29/h6-13,17H,14H2,1-5H3,(H,27,28)/t17-/m0/s1. The third-order valence-electron chi connectivity index (χ3n) is 5.39. The third-order valence-corrected chi connectivity index (χ3v) is 7.07. The van der Waals surface area contributed by atoms with Crippen molar-refractivity contribution in [2.75, 3.05) is 18.9 Å². The van der Waals surface area contributed by atoms with Crippen LogP contribution in [0.2, 0.25) is 0 Å². The van der Waals surface area contributed by atoms with Gasteiger partial charge in [-0.05, 0) is 50.1 Å². The van der Waals surface area contributed by atoms with Crippen molar-refractivity contribution in [3.63, 3.8) is 0 Å². The van der Waals surface area contributed by atoms with E-state index in [2.05, 4.69) is 25.0 Å². The van der Waals surface area contributed by atoms with E-state index in [1.807, 2.05) is 19.9 Å². The second-order valence-corrected chi connectivity index (χ2v) is 10.2. The summed E-state index contributed by atoms with van der Waals surface area (Å²) < 4.78 is 43.5. The van der Waals surface area contributed by atoms with E-state index in [0.29, 0.717) is 28.6 Å². The number of hydrogen-bond donors (Lipinski definition) is 1. The van der Waals surface area contributed by atoms with Gasteiger partial charge in [-0.2, -0.15) is 5.10 Å². The molecular formula is C23H27N7O4S. The van der Waals surface area contributed by atoms with Gasteiger partial charge in [0.25, 0.3) is 0 Å². The van der Waals surface area contributed by atoms with E-state index in [0.717, 1.165) is 11.1 Å². The fourth-order valence-corrected chi connectivity index (χ4v) is 4.57. The van der Waals surface area contributed by atoms with E-state index in [9.17, 15) is 8.42 Å². The molecule has 3 heterocycles. The molecule has 12 heteroatoms. The van der Waals surface area contributed by atoms with Gasteiger partial charge in [-0.3, -0.25) is 19.0 Å². The van der Waals surface area contributed by atoms with Crippen LogP contribution in [-0.2, 0) is 16.6 Å². The third kappa shape index (κ3) is 4.97. The number of benzene rings is 1. The molecule has 0 unspecified atom stereocenters. The highest BCUT2D eigenvalue weighted by Crippen LogP contribution is 2.37. The minimum atomic E-state index is -3.88. The fraction of sp³-hybridized carbons (Fsp3) is 0.304. The summed E-state index contributed by atoms with van der Waals surface area (Å²) in [7, 11) is -0.836. The Morgan fingerprint density at radius 1 is 1.03 bits per heavy atom. The smallest absolute Gasteiger partial charge is 0.243 e. The van der Waals surface area contributed by atoms with Gasteiger partial charge in [0.1, 0.15) is 17.2 Å². The summed E-state index contributed by atoms with van der Waals surface area (Å²) in [5, 5.41) is 11.9. The van der Waals surface area contributed by atoms with Gasteiger partial charge in [-0.1, -0.05) is 6.07 Å². The van der Waals surface area contributed by atoms with Gasteiger partial charge in [0, 0.05) is 24.2 Å². The molecule has 0 radical (unpaired) electrons. The van der Waals surface area contributed by atoms with Gasteiger partial charge in [-0.15, -0.1) is 10.2 Å². The van der Waals surface area contributed by atoms with Crippen LogP contribution in [0, 0.1) is 13.8 Å². The zero-order valence-electron chi connectivity index (χ0n) is 20.1. The summed E-state index contributed by atoms with van der Waals surface area (Å²) >= 11 is 0. The first-order chi connectivity index (χ1) is 16.7. The summed E-state index contributed by atoms with van der Waals surface area (Å²) in [4.78, 5) is 4.25. The number of para-hydroxylation sites is 1. The van der Waals surface area contributed by atoms with Crippen molar-refractivity contribution in [1.29, 1.82) is 0 Å². The number of hydrogen-bond acceptors (Lipinski definition) is 8. The molecule has 0 aliphatic heterocycles. The lowest BCUT2D eigenvalue weighted by Crippen LogP contribution is -2.30. The van der Waals surface area contributed by atoms with Crippen molar-refractivity contribution in [1.82, 2.24) is 29.5 Å². The summed E-state index contributed by atoms with van der Waals surface area (Å²) in [5.74, 6) is 1.27. The average molecular weight is 498 g/mol. The topological polar surface area (TPSA) is 126 Å². The molecule has 0 saturated heterocycles. The zero-order valence-corrected chi connectivity index (χ0v) is 20.9. The molecule has 0 aliphatic rings. The molecule has 11 nitrogen and oxygen atoms in total. The number of nitrogens with zero attached hydrogens (tertiary/aromatic N) is 6. The minimum Gasteiger partial charge on any atom is -0.494 e. The van der Waals surface area contributed by atoms with Crippen molar-refractivity contribution in [3.05, 3.63) is 60.2 Å². The van der Waals surface area contributed by atoms with Gasteiger partial charge in [0.15, 0.2) is 5.82 Å². The van der Waals surface area contributed by atoms with Crippen LogP contribution in [0.25, 0.3) is 17.1 Å². The lowest BCUT2D eigenvalue weighted by molar-refractivity contribution is 0.391. The van der Waals surface area contributed by atoms with Crippen molar-refractivity contribution in [3.8, 4) is 28.6 Å². The Hall–Kier alpha value is -3.93. The Kier molecular flexibility index (Phi) is 6.74. The number of aromatic nitrogens is 6. The average Bonchev–Trinajstić information content (AvgIpc) is 3.43. The highest BCUT2D eigenvalue weighted by molar-refractivity contribution is 7.93. The number of nitrogens with one attached hydrogen (secondary N) is 1. The number of pyridine rings is 1. The van der Waals surface area contributed by atoms with Crippen LogP contribution in [0.4, 0.5) is 5.95 Å². The van der Waals surface area contributed by atoms with Crippen LogP contribution in [0.3, 0.4) is 0 Å². The van der Waals surface area contributed by atoms with Crippen LogP contribution in [-0.4, -0.2) is 57.4 Å². The Morgan fingerprint density at radius 3 is 2.34 bits per heavy atom. The molecule has 3 aromatic heterocycles. The van der Waals surface area contributed by atoms with E-state index in [-0.39, 0.29) is 12.5 Å². The fourth-order valence-electron chi connectivity index (χ4n) is 3.63. The van der Waals surface area contributed by atoms with E-state index in [4.69, 9.17) is 9.47 Å². The summed E-state index contributed by atoms with van der Waals surface area (Å²) in [6.07, 6.45) is 6.82. The van der Waals surface area contributed by atoms with E-state index < -0.39 is 15.3 Å². The zero-order chi connectivity index (χ0) is 25.2. The second kappa shape index (κ2) is 9.74. The van der Waals surface area contributed by atoms with Crippen molar-refractivity contribution < 1.29 is 17.9 Å². The number of sulfonamides is 1. The van der Waals surface area contributed by atoms with Gasteiger partial charge < -0.3 is 9.47 Å². The molecule has 1 N–H and O–H groups in total. The number of anilines is 1. The molecule has 0 amide bonds. The lowest BCUT2D eigenvalue weighted by atomic mass is 10.2. The predicted octanol–water partition coefficient (Wildman–Crippen LogP) is 2.99. The molecule has 0 saturated carbocycles. The maximum Gasteiger partial charge on any atom is 0.243 e. The normalized spacial score (nSPS) is 12.4. The second-order valence-electron chi connectivity index (χ2n) is 8.14. The predicted molar refractivity (Wildman–Crippen MR) is 131 cm³/mol. The quantitative estimate of drug-likeness (QED) is 0.374. The van der Waals surface area contributed by atoms with Gasteiger partial charge >= 0.3 is 0 Å². The molecule has 0 bridgehead atoms. The summed E-state index contributed by atoms with van der Waals surface area (Å²) in [5.41, 5.74) is 2.96. The molecule has 1 atom stereocenters. The summed E-state index contributed by atoms with van der Waals surface area (Å²) in [6, 6.07) is 7.15. The van der Waals surface area contributed by atoms with Gasteiger partial charge in [0.05, 0.1) is 32.2 Å². The van der Waals surface area contributed by atoms with Crippen LogP contribution in [0.1, 0.15) is 18.1 Å². The van der Waals surface area contributed by atoms with Gasteiger partial charge in [0.2, 0.25) is 16.0 Å². The Labute approximate surface area is 203 Å². The van der Waals surface area contributed by atoms with Crippen molar-refractivity contribution in [2.24, 2.45) is 0 Å². The maximum absolute atomic E-state index is 13.3. The number of rotatable bonds is 9. The molecule has 35 heavy (non-hydrogen) atoms. The van der Waals surface area contributed by atoms with Crippen molar-refractivity contribution >= 4 is 16.0 Å². The van der Waals surface area contributed by atoms with Crippen LogP contribution >= 0.6 is 0 Å². The van der Waals surface area contributed by atoms with E-state index >= 15 is 0 Å². The summed E-state index contributed by atoms with van der Waals surface area (Å²) in [6.45, 7) is 5.58. The molecule has 4 aromatic rings. The van der Waals surface area contributed by atoms with Crippen LogP contribution < -0.4 is 14.2 Å². The molecule has 1 aromatic carbocycles. The number of methoxy groups -OCH3 is 2. The van der Waals surface area contributed by atoms with Crippen LogP contribution in [0.5, 0.6) is 11.5 Å². The molecule has 0 aliphatic carbocycles. The highest BCUT2D eigenvalue weighted by Gasteiger charge is 2.28. The Balaban J connectivity index is 1.83. The molecular weight excluding hydrogens is 470 g/mol. The molecule has 184 valence electrons. The Bertz CT molecular complexity index is 1420. The minimum absolute atomic E-state index is 0.00666. The maximum atomic E-state index is 13.3. The van der Waals surface area contributed by atoms with Gasteiger partial charge in [-0.25, -0.2) is 8.42 Å². The first kappa shape index (κ1) is 24.2.